The number of nitrogens with one attached hydrogen (secondary N) is 2. The highest BCUT2D eigenvalue weighted by atomic mass is 35.5. The number of rotatable bonds is 2. The smallest absolute Gasteiger partial charge is 0.208 e. The molecule has 0 fully saturated rings. The van der Waals surface area contributed by atoms with Crippen molar-refractivity contribution in [1.82, 2.24) is 0 Å². The topological polar surface area (TPSA) is 111 Å². The van der Waals surface area contributed by atoms with Gasteiger partial charge in [0.1, 0.15) is 5.75 Å². The second-order valence-electron chi connectivity index (χ2n) is 6.72. The molecule has 26 heavy (non-hydrogen) atoms. The van der Waals surface area contributed by atoms with Crippen molar-refractivity contribution in [2.45, 2.75) is 46.0 Å². The van der Waals surface area contributed by atoms with Gasteiger partial charge in [0.2, 0.25) is 5.75 Å². The summed E-state index contributed by atoms with van der Waals surface area (Å²) in [7, 11) is 0. The highest BCUT2D eigenvalue weighted by Crippen LogP contribution is 2.36. The third-order valence-electron chi connectivity index (χ3n) is 3.47. The van der Waals surface area contributed by atoms with Gasteiger partial charge >= 0.3 is 0 Å². The molecule has 0 spiro atoms. The molecule has 0 radical (unpaired) electrons. The van der Waals surface area contributed by atoms with E-state index in [1.165, 1.54) is 5.56 Å². The van der Waals surface area contributed by atoms with Crippen molar-refractivity contribution in [3.8, 4) is 5.75 Å². The second kappa shape index (κ2) is 11.3. The first-order valence-corrected chi connectivity index (χ1v) is 8.70. The molecule has 0 atom stereocenters. The quantitative estimate of drug-likeness (QED) is 0.195. The van der Waals surface area contributed by atoms with Gasteiger partial charge in [-0.05, 0) is 47.2 Å². The first-order chi connectivity index (χ1) is 12.1. The standard InChI is InChI=1S/C13H21NO.C6H6N2.CHClO/c1-5-6-9-7-10(13(2,3)4)12(15)11(14)8-9;7-5-3-1-2-4-6(5)8;2-1-3/h7-8,15H,5-6,14H2,1-4H3;1-4,7-8H;1H. The molecule has 1 aliphatic rings. The third-order valence-corrected chi connectivity index (χ3v) is 3.47. The van der Waals surface area contributed by atoms with Gasteiger partial charge in [-0.2, -0.15) is 0 Å². The molecule has 0 aliphatic heterocycles. The van der Waals surface area contributed by atoms with E-state index in [9.17, 15) is 5.11 Å². The van der Waals surface area contributed by atoms with Gasteiger partial charge in [-0.15, -0.1) is 0 Å². The maximum Gasteiger partial charge on any atom is 0.208 e. The molecule has 0 aromatic heterocycles. The Morgan fingerprint density at radius 2 is 1.62 bits per heavy atom. The largest absolute Gasteiger partial charge is 0.505 e. The lowest BCUT2D eigenvalue weighted by Crippen LogP contribution is -2.12. The summed E-state index contributed by atoms with van der Waals surface area (Å²) in [6, 6.07) is 3.93. The number of allylic oxidation sites excluding steroid dienone is 4. The fourth-order valence-corrected chi connectivity index (χ4v) is 2.21. The number of aromatic hydroxyl groups is 1. The molecular formula is C20H28ClN3O2. The first-order valence-electron chi connectivity index (χ1n) is 8.26. The number of carbonyl (C=O) groups excluding carboxylic acids is 1. The van der Waals surface area contributed by atoms with E-state index in [-0.39, 0.29) is 28.3 Å². The number of halogens is 1. The number of nitrogen functional groups attached to an aromatic ring is 1. The molecule has 0 unspecified atom stereocenters. The highest BCUT2D eigenvalue weighted by molar-refractivity contribution is 6.54. The predicted octanol–water partition coefficient (Wildman–Crippen LogP) is 4.79. The minimum Gasteiger partial charge on any atom is -0.505 e. The van der Waals surface area contributed by atoms with Crippen molar-refractivity contribution in [2.24, 2.45) is 0 Å². The number of carbonyl (C=O) groups is 1. The van der Waals surface area contributed by atoms with E-state index in [4.69, 9.17) is 21.3 Å². The summed E-state index contributed by atoms with van der Waals surface area (Å²) in [5.74, 6) is 0.461. The third kappa shape index (κ3) is 8.12. The molecule has 0 heterocycles. The molecule has 5 N–H and O–H groups in total. The van der Waals surface area contributed by atoms with E-state index in [0.717, 1.165) is 18.4 Å². The van der Waals surface area contributed by atoms with Crippen LogP contribution in [0.5, 0.6) is 5.75 Å². The summed E-state index contributed by atoms with van der Waals surface area (Å²) >= 11 is 4.32. The Morgan fingerprint density at radius 1 is 1.15 bits per heavy atom. The van der Waals surface area contributed by atoms with E-state index >= 15 is 0 Å². The molecule has 142 valence electrons. The van der Waals surface area contributed by atoms with E-state index in [1.807, 2.05) is 6.07 Å². The normalized spacial score (nSPS) is 12.7. The van der Waals surface area contributed by atoms with Crippen molar-refractivity contribution in [3.05, 3.63) is 47.6 Å². The lowest BCUT2D eigenvalue weighted by Gasteiger charge is -2.22. The average Bonchev–Trinajstić information content (AvgIpc) is 2.54. The van der Waals surface area contributed by atoms with Crippen LogP contribution in [-0.2, 0) is 16.6 Å². The average molecular weight is 378 g/mol. The molecule has 1 aliphatic carbocycles. The Hall–Kier alpha value is -2.40. The zero-order chi connectivity index (χ0) is 20.3. The minimum atomic E-state index is -0.0675. The number of aryl methyl sites for hydroxylation is 1. The Labute approximate surface area is 160 Å². The molecule has 0 bridgehead atoms. The van der Waals surface area contributed by atoms with Crippen LogP contribution in [0, 0.1) is 10.8 Å². The van der Waals surface area contributed by atoms with Crippen LogP contribution in [0.15, 0.2) is 36.4 Å². The fourth-order valence-electron chi connectivity index (χ4n) is 2.21. The molecule has 1 aromatic rings. The number of phenols is 1. The summed E-state index contributed by atoms with van der Waals surface area (Å²) in [5.41, 5.74) is 8.93. The maximum atomic E-state index is 9.90. The molecule has 0 saturated carbocycles. The van der Waals surface area contributed by atoms with Gasteiger partial charge in [0.05, 0.1) is 17.1 Å². The van der Waals surface area contributed by atoms with E-state index in [0.29, 0.717) is 5.69 Å². The fraction of sp³-hybridized carbons (Fsp3) is 0.350. The summed E-state index contributed by atoms with van der Waals surface area (Å²) in [6.45, 7) is 8.38. The predicted molar refractivity (Wildman–Crippen MR) is 112 cm³/mol. The van der Waals surface area contributed by atoms with Crippen molar-refractivity contribution in [1.29, 1.82) is 10.8 Å². The summed E-state index contributed by atoms with van der Waals surface area (Å²) in [6.07, 6.45) is 8.80. The van der Waals surface area contributed by atoms with Crippen LogP contribution < -0.4 is 5.73 Å². The lowest BCUT2D eigenvalue weighted by atomic mass is 9.84. The number of phenolic OH excluding ortho intramolecular Hbond substituents is 1. The molecule has 5 nitrogen and oxygen atoms in total. The number of nitrogens with two attached hydrogens (primary N) is 1. The van der Waals surface area contributed by atoms with E-state index < -0.39 is 0 Å². The molecule has 2 rings (SSSR count). The molecular weight excluding hydrogens is 350 g/mol. The van der Waals surface area contributed by atoms with Crippen molar-refractivity contribution >= 4 is 34.5 Å². The summed E-state index contributed by atoms with van der Waals surface area (Å²) in [5, 5.41) is 24.0. The van der Waals surface area contributed by atoms with Crippen molar-refractivity contribution < 1.29 is 9.90 Å². The van der Waals surface area contributed by atoms with Crippen LogP contribution in [0.1, 0.15) is 45.2 Å². The first kappa shape index (κ1) is 23.6. The van der Waals surface area contributed by atoms with Crippen molar-refractivity contribution in [2.75, 3.05) is 5.73 Å². The SMILES string of the molecule is CCCc1cc(N)c(O)c(C(C)(C)C)c1.N=C1C=CC=CC1=N.O=CCl. The Bertz CT molecular complexity index is 680. The monoisotopic (exact) mass is 377 g/mol. The number of hydrogen-bond acceptors (Lipinski definition) is 5. The Kier molecular flexibility index (Phi) is 10.2. The van der Waals surface area contributed by atoms with Gasteiger partial charge in [0.25, 0.3) is 0 Å². The lowest BCUT2D eigenvalue weighted by molar-refractivity contribution is 0.449. The number of anilines is 1. The second-order valence-corrected chi connectivity index (χ2v) is 6.89. The van der Waals surface area contributed by atoms with Crippen LogP contribution in [0.4, 0.5) is 5.69 Å². The van der Waals surface area contributed by atoms with Gasteiger partial charge in [-0.1, -0.05) is 52.3 Å². The zero-order valence-electron chi connectivity index (χ0n) is 15.8. The van der Waals surface area contributed by atoms with Gasteiger partial charge in [0, 0.05) is 5.56 Å². The number of hydrogen-bond donors (Lipinski definition) is 4. The number of benzene rings is 1. The van der Waals surface area contributed by atoms with Crippen molar-refractivity contribution in [3.63, 3.8) is 0 Å². The molecule has 6 heteroatoms. The van der Waals surface area contributed by atoms with Gasteiger partial charge in [0.15, 0.2) is 0 Å². The molecule has 0 amide bonds. The Morgan fingerprint density at radius 3 is 1.96 bits per heavy atom. The summed E-state index contributed by atoms with van der Waals surface area (Å²) < 4.78 is 0. The Balaban J connectivity index is 0.000000474. The zero-order valence-corrected chi connectivity index (χ0v) is 16.5. The van der Waals surface area contributed by atoms with Crippen LogP contribution in [-0.4, -0.2) is 22.3 Å². The van der Waals surface area contributed by atoms with Gasteiger partial charge in [-0.3, -0.25) is 15.6 Å². The van der Waals surface area contributed by atoms with Gasteiger partial charge < -0.3 is 10.8 Å². The van der Waals surface area contributed by atoms with Crippen LogP contribution in [0.3, 0.4) is 0 Å². The molecule has 0 saturated heterocycles. The molecule has 1 aromatic carbocycles. The highest BCUT2D eigenvalue weighted by Gasteiger charge is 2.20. The van der Waals surface area contributed by atoms with Gasteiger partial charge in [-0.25, -0.2) is 0 Å². The minimum absolute atomic E-state index is 0.0675. The van der Waals surface area contributed by atoms with E-state index in [2.05, 4.69) is 45.4 Å². The van der Waals surface area contributed by atoms with Crippen LogP contribution in [0.2, 0.25) is 0 Å². The van der Waals surface area contributed by atoms with Crippen LogP contribution in [0.25, 0.3) is 0 Å². The maximum absolute atomic E-state index is 9.90. The summed E-state index contributed by atoms with van der Waals surface area (Å²) in [4.78, 5) is 8.57. The van der Waals surface area contributed by atoms with Crippen LogP contribution >= 0.6 is 11.6 Å². The van der Waals surface area contributed by atoms with E-state index in [1.54, 1.807) is 24.3 Å².